The van der Waals surface area contributed by atoms with Crippen LogP contribution in [0.4, 0.5) is 5.82 Å². The highest BCUT2D eigenvalue weighted by atomic mass is 16.5. The highest BCUT2D eigenvalue weighted by Gasteiger charge is 2.45. The van der Waals surface area contributed by atoms with E-state index in [1.54, 1.807) is 0 Å². The first kappa shape index (κ1) is 14.8. The molecule has 0 aromatic carbocycles. The monoisotopic (exact) mass is 318 g/mol. The standard InChI is InChI=1S/C16H22N4O3/c1-10-13-14(17-9-18-15(13)23-19-10)20-6-3-4-12(20)11-8-22-7-5-16(11,2)21/h9,11-12,21H,3-8H2,1-2H3/t11-,12-,16-/m1/s1. The maximum atomic E-state index is 10.8. The fraction of sp³-hybridized carbons (Fsp3) is 0.688. The van der Waals surface area contributed by atoms with E-state index in [0.29, 0.717) is 25.3 Å². The molecule has 0 spiro atoms. The molecule has 7 nitrogen and oxygen atoms in total. The Kier molecular flexibility index (Phi) is 3.50. The number of aromatic nitrogens is 3. The van der Waals surface area contributed by atoms with Crippen molar-refractivity contribution in [2.75, 3.05) is 24.7 Å². The van der Waals surface area contributed by atoms with Crippen LogP contribution in [-0.4, -0.2) is 51.6 Å². The Bertz CT molecular complexity index is 714. The van der Waals surface area contributed by atoms with E-state index in [1.807, 2.05) is 13.8 Å². The van der Waals surface area contributed by atoms with Crippen molar-refractivity contribution in [2.24, 2.45) is 5.92 Å². The predicted octanol–water partition coefficient (Wildman–Crippen LogP) is 1.68. The number of nitrogens with zero attached hydrogens (tertiary/aromatic N) is 4. The Morgan fingerprint density at radius 3 is 3.09 bits per heavy atom. The lowest BCUT2D eigenvalue weighted by Gasteiger charge is -2.43. The molecule has 2 fully saturated rings. The van der Waals surface area contributed by atoms with Crippen LogP contribution in [0.25, 0.3) is 11.1 Å². The second-order valence-corrected chi connectivity index (χ2v) is 6.84. The average molecular weight is 318 g/mol. The zero-order valence-electron chi connectivity index (χ0n) is 13.5. The van der Waals surface area contributed by atoms with Crippen molar-refractivity contribution >= 4 is 16.9 Å². The molecular formula is C16H22N4O3. The van der Waals surface area contributed by atoms with E-state index in [1.165, 1.54) is 6.33 Å². The summed E-state index contributed by atoms with van der Waals surface area (Å²) in [4.78, 5) is 10.9. The summed E-state index contributed by atoms with van der Waals surface area (Å²) in [6.45, 7) is 5.96. The van der Waals surface area contributed by atoms with Gasteiger partial charge in [-0.05, 0) is 33.1 Å². The maximum absolute atomic E-state index is 10.8. The first-order valence-electron chi connectivity index (χ1n) is 8.21. The topological polar surface area (TPSA) is 84.5 Å². The third-order valence-corrected chi connectivity index (χ3v) is 5.31. The molecule has 0 saturated carbocycles. The summed E-state index contributed by atoms with van der Waals surface area (Å²) in [5, 5.41) is 15.7. The van der Waals surface area contributed by atoms with Gasteiger partial charge in [0.25, 0.3) is 5.71 Å². The van der Waals surface area contributed by atoms with Gasteiger partial charge >= 0.3 is 0 Å². The van der Waals surface area contributed by atoms with Crippen molar-refractivity contribution in [2.45, 2.75) is 44.8 Å². The van der Waals surface area contributed by atoms with Crippen LogP contribution in [0.3, 0.4) is 0 Å². The van der Waals surface area contributed by atoms with Crippen LogP contribution in [0.1, 0.15) is 31.9 Å². The third kappa shape index (κ3) is 2.38. The predicted molar refractivity (Wildman–Crippen MR) is 84.3 cm³/mol. The number of aliphatic hydroxyl groups is 1. The Morgan fingerprint density at radius 1 is 1.39 bits per heavy atom. The van der Waals surface area contributed by atoms with Crippen LogP contribution in [0.2, 0.25) is 0 Å². The molecule has 1 N–H and O–H groups in total. The van der Waals surface area contributed by atoms with Crippen molar-refractivity contribution in [1.29, 1.82) is 0 Å². The number of ether oxygens (including phenoxy) is 1. The molecule has 2 aromatic rings. The molecule has 0 bridgehead atoms. The first-order valence-corrected chi connectivity index (χ1v) is 8.21. The van der Waals surface area contributed by atoms with E-state index in [0.717, 1.165) is 36.3 Å². The minimum Gasteiger partial charge on any atom is -0.390 e. The Morgan fingerprint density at radius 2 is 2.26 bits per heavy atom. The molecule has 2 saturated heterocycles. The van der Waals surface area contributed by atoms with E-state index in [2.05, 4.69) is 20.0 Å². The van der Waals surface area contributed by atoms with Crippen LogP contribution in [0, 0.1) is 12.8 Å². The molecule has 0 radical (unpaired) electrons. The van der Waals surface area contributed by atoms with Gasteiger partial charge in [0.15, 0.2) is 0 Å². The second kappa shape index (κ2) is 5.42. The van der Waals surface area contributed by atoms with Crippen LogP contribution in [0.5, 0.6) is 0 Å². The van der Waals surface area contributed by atoms with Crippen molar-refractivity contribution in [1.82, 2.24) is 15.1 Å². The smallest absolute Gasteiger partial charge is 0.263 e. The zero-order valence-corrected chi connectivity index (χ0v) is 13.5. The largest absolute Gasteiger partial charge is 0.390 e. The molecule has 0 unspecified atom stereocenters. The summed E-state index contributed by atoms with van der Waals surface area (Å²) in [6, 6.07) is 0.206. The molecule has 2 aliphatic rings. The normalized spacial score (nSPS) is 31.9. The minimum atomic E-state index is -0.707. The molecule has 23 heavy (non-hydrogen) atoms. The van der Waals surface area contributed by atoms with E-state index >= 15 is 0 Å². The number of rotatable bonds is 2. The fourth-order valence-electron chi connectivity index (χ4n) is 3.97. The van der Waals surface area contributed by atoms with Crippen LogP contribution >= 0.6 is 0 Å². The van der Waals surface area contributed by atoms with Gasteiger partial charge in [0, 0.05) is 25.1 Å². The van der Waals surface area contributed by atoms with Gasteiger partial charge < -0.3 is 19.3 Å². The van der Waals surface area contributed by atoms with Gasteiger partial charge in [-0.15, -0.1) is 0 Å². The molecule has 124 valence electrons. The zero-order chi connectivity index (χ0) is 16.0. The molecule has 0 amide bonds. The molecule has 7 heteroatoms. The van der Waals surface area contributed by atoms with Gasteiger partial charge in [0.2, 0.25) is 0 Å². The number of aryl methyl sites for hydroxylation is 1. The summed E-state index contributed by atoms with van der Waals surface area (Å²) < 4.78 is 10.9. The van der Waals surface area contributed by atoms with Crippen molar-refractivity contribution < 1.29 is 14.4 Å². The van der Waals surface area contributed by atoms with Gasteiger partial charge in [0.1, 0.15) is 17.5 Å². The van der Waals surface area contributed by atoms with Gasteiger partial charge in [-0.3, -0.25) is 0 Å². The Hall–Kier alpha value is -1.73. The number of hydrogen-bond donors (Lipinski definition) is 1. The summed E-state index contributed by atoms with van der Waals surface area (Å²) >= 11 is 0. The van der Waals surface area contributed by atoms with Gasteiger partial charge in [0.05, 0.1) is 17.9 Å². The van der Waals surface area contributed by atoms with Gasteiger partial charge in [-0.1, -0.05) is 5.16 Å². The lowest BCUT2D eigenvalue weighted by molar-refractivity contribution is -0.108. The summed E-state index contributed by atoms with van der Waals surface area (Å²) in [5.74, 6) is 0.932. The molecular weight excluding hydrogens is 296 g/mol. The second-order valence-electron chi connectivity index (χ2n) is 6.84. The average Bonchev–Trinajstić information content (AvgIpc) is 3.14. The first-order chi connectivity index (χ1) is 11.1. The lowest BCUT2D eigenvalue weighted by Crippen LogP contribution is -2.52. The van der Waals surface area contributed by atoms with Crippen LogP contribution < -0.4 is 4.90 Å². The molecule has 2 aliphatic heterocycles. The molecule has 2 aromatic heterocycles. The minimum absolute atomic E-state index is 0.0731. The number of anilines is 1. The number of hydrogen-bond acceptors (Lipinski definition) is 7. The van der Waals surface area contributed by atoms with Crippen molar-refractivity contribution in [3.05, 3.63) is 12.0 Å². The van der Waals surface area contributed by atoms with E-state index < -0.39 is 5.60 Å². The summed E-state index contributed by atoms with van der Waals surface area (Å²) in [5.41, 5.74) is 0.610. The van der Waals surface area contributed by atoms with Gasteiger partial charge in [-0.25, -0.2) is 4.98 Å². The quantitative estimate of drug-likeness (QED) is 0.901. The highest BCUT2D eigenvalue weighted by molar-refractivity contribution is 5.88. The molecule has 4 rings (SSSR count). The fourth-order valence-corrected chi connectivity index (χ4v) is 3.97. The molecule has 4 heterocycles. The Labute approximate surface area is 134 Å². The van der Waals surface area contributed by atoms with Crippen LogP contribution in [0.15, 0.2) is 10.9 Å². The van der Waals surface area contributed by atoms with Crippen molar-refractivity contribution in [3.63, 3.8) is 0 Å². The van der Waals surface area contributed by atoms with Crippen LogP contribution in [-0.2, 0) is 4.74 Å². The number of fused-ring (bicyclic) bond motifs is 1. The molecule has 3 atom stereocenters. The lowest BCUT2D eigenvalue weighted by atomic mass is 9.79. The van der Waals surface area contributed by atoms with E-state index in [-0.39, 0.29) is 12.0 Å². The third-order valence-electron chi connectivity index (χ3n) is 5.31. The SMILES string of the molecule is Cc1noc2ncnc(N3CCC[C@@H]3[C@H]3COCC[C@@]3(C)O)c12. The van der Waals surface area contributed by atoms with Crippen molar-refractivity contribution in [3.8, 4) is 0 Å². The summed E-state index contributed by atoms with van der Waals surface area (Å²) in [7, 11) is 0. The van der Waals surface area contributed by atoms with E-state index in [9.17, 15) is 5.11 Å². The molecule has 0 aliphatic carbocycles. The highest BCUT2D eigenvalue weighted by Crippen LogP contribution is 2.39. The Balaban J connectivity index is 1.74. The maximum Gasteiger partial charge on any atom is 0.263 e. The summed E-state index contributed by atoms with van der Waals surface area (Å²) in [6.07, 6.45) is 4.30. The van der Waals surface area contributed by atoms with Gasteiger partial charge in [-0.2, -0.15) is 4.98 Å². The van der Waals surface area contributed by atoms with E-state index in [4.69, 9.17) is 9.26 Å².